The largest absolute Gasteiger partial charge is 0.514 e. The van der Waals surface area contributed by atoms with E-state index in [1.54, 1.807) is 62.4 Å². The van der Waals surface area contributed by atoms with E-state index < -0.39 is 69.9 Å². The molecule has 14 nitrogen and oxygen atoms in total. The molecule has 4 aromatic rings. The highest BCUT2D eigenvalue weighted by atomic mass is 32.2. The molecule has 16 heteroatoms. The first kappa shape index (κ1) is 37.4. The summed E-state index contributed by atoms with van der Waals surface area (Å²) in [4.78, 5) is 25.8. The summed E-state index contributed by atoms with van der Waals surface area (Å²) in [6.45, 7) is 2.65. The van der Waals surface area contributed by atoms with E-state index in [1.807, 2.05) is 0 Å². The molecule has 0 saturated carbocycles. The molecule has 0 N–H and O–H groups in total. The summed E-state index contributed by atoms with van der Waals surface area (Å²) in [6.07, 6.45) is -11.5. The van der Waals surface area contributed by atoms with Crippen molar-refractivity contribution < 1.29 is 63.2 Å². The van der Waals surface area contributed by atoms with E-state index >= 15 is 0 Å². The van der Waals surface area contributed by atoms with Crippen LogP contribution in [0.5, 0.6) is 11.5 Å². The summed E-state index contributed by atoms with van der Waals surface area (Å²) in [7, 11) is -7.98. The van der Waals surface area contributed by atoms with Crippen molar-refractivity contribution in [3.05, 3.63) is 120 Å². The van der Waals surface area contributed by atoms with Gasteiger partial charge in [0.15, 0.2) is 18.5 Å². The fraction of sp³-hybridized carbons (Fsp3) is 0.257. The van der Waals surface area contributed by atoms with E-state index in [0.29, 0.717) is 0 Å². The third-order valence-corrected chi connectivity index (χ3v) is 10.0. The average Bonchev–Trinajstić information content (AvgIpc) is 3.10. The summed E-state index contributed by atoms with van der Waals surface area (Å²) in [5.74, 6) is 0.157. The summed E-state index contributed by atoms with van der Waals surface area (Å²) >= 11 is 0. The second-order valence-corrected chi connectivity index (χ2v) is 14.3. The summed E-state index contributed by atoms with van der Waals surface area (Å²) in [5.41, 5.74) is 1.54. The molecule has 4 aromatic carbocycles. The SMILES string of the molecule is CO[C@@H]1O[C@@H](COS(=O)(=O)c2ccc(C)cc2)[C@H](OS(=O)(=O)c2ccc(C)cc2)[C@H](OC(=O)Oc2ccccc2)[C@@H]1OC(=O)Oc1ccccc1. The molecule has 1 heterocycles. The molecule has 5 rings (SSSR count). The third-order valence-electron chi connectivity index (χ3n) is 7.42. The number of hydrogen-bond donors (Lipinski definition) is 0. The van der Waals surface area contributed by atoms with Crippen LogP contribution in [-0.2, 0) is 47.5 Å². The van der Waals surface area contributed by atoms with Crippen LogP contribution in [0.25, 0.3) is 0 Å². The molecule has 0 amide bonds. The van der Waals surface area contributed by atoms with Gasteiger partial charge in [-0.15, -0.1) is 0 Å². The van der Waals surface area contributed by atoms with Crippen LogP contribution in [0.15, 0.2) is 119 Å². The molecular formula is C35H34O14S2. The van der Waals surface area contributed by atoms with Gasteiger partial charge < -0.3 is 28.4 Å². The summed E-state index contributed by atoms with van der Waals surface area (Å²) in [6, 6.07) is 27.0. The van der Waals surface area contributed by atoms with Gasteiger partial charge in [0.2, 0.25) is 0 Å². The zero-order valence-corrected chi connectivity index (χ0v) is 29.2. The van der Waals surface area contributed by atoms with Gasteiger partial charge >= 0.3 is 12.3 Å². The zero-order chi connectivity index (χ0) is 36.6. The molecule has 1 saturated heterocycles. The zero-order valence-electron chi connectivity index (χ0n) is 27.5. The number of methoxy groups -OCH3 is 1. The fourth-order valence-corrected chi connectivity index (χ4v) is 6.88. The molecule has 0 aromatic heterocycles. The lowest BCUT2D eigenvalue weighted by atomic mass is 9.99. The molecule has 1 aliphatic rings. The highest BCUT2D eigenvalue weighted by Gasteiger charge is 2.54. The van der Waals surface area contributed by atoms with Crippen molar-refractivity contribution in [3.8, 4) is 11.5 Å². The van der Waals surface area contributed by atoms with Crippen LogP contribution in [0.4, 0.5) is 9.59 Å². The second kappa shape index (κ2) is 16.5. The highest BCUT2D eigenvalue weighted by Crippen LogP contribution is 2.33. The summed E-state index contributed by atoms with van der Waals surface area (Å²) in [5, 5.41) is 0. The van der Waals surface area contributed by atoms with Crippen LogP contribution in [0, 0.1) is 13.8 Å². The van der Waals surface area contributed by atoms with Crippen LogP contribution in [0.3, 0.4) is 0 Å². The number of aryl methyl sites for hydroxylation is 2. The minimum Gasteiger partial charge on any atom is -0.424 e. The Balaban J connectivity index is 1.52. The van der Waals surface area contributed by atoms with Gasteiger partial charge in [0.1, 0.15) is 23.7 Å². The molecule has 5 atom stereocenters. The number of ether oxygens (including phenoxy) is 6. The third kappa shape index (κ3) is 9.90. The Morgan fingerprint density at radius 1 is 0.608 bits per heavy atom. The number of benzene rings is 4. The van der Waals surface area contributed by atoms with Crippen LogP contribution >= 0.6 is 0 Å². The number of carbonyl (C=O) groups excluding carboxylic acids is 2. The van der Waals surface area contributed by atoms with Gasteiger partial charge in [-0.05, 0) is 62.4 Å². The predicted molar refractivity (Wildman–Crippen MR) is 178 cm³/mol. The number of para-hydroxylation sites is 2. The molecule has 0 spiro atoms. The van der Waals surface area contributed by atoms with E-state index in [4.69, 9.17) is 36.8 Å². The molecule has 1 fully saturated rings. The van der Waals surface area contributed by atoms with Crippen molar-refractivity contribution in [1.82, 2.24) is 0 Å². The first-order valence-electron chi connectivity index (χ1n) is 15.4. The van der Waals surface area contributed by atoms with E-state index in [9.17, 15) is 26.4 Å². The van der Waals surface area contributed by atoms with Crippen LogP contribution in [0.1, 0.15) is 11.1 Å². The molecule has 0 radical (unpaired) electrons. The first-order valence-corrected chi connectivity index (χ1v) is 18.2. The molecule has 0 aliphatic carbocycles. The minimum absolute atomic E-state index is 0.0626. The maximum absolute atomic E-state index is 13.7. The van der Waals surface area contributed by atoms with Gasteiger partial charge in [-0.3, -0.25) is 8.37 Å². The van der Waals surface area contributed by atoms with Crippen LogP contribution in [0.2, 0.25) is 0 Å². The van der Waals surface area contributed by atoms with Crippen molar-refractivity contribution in [2.24, 2.45) is 0 Å². The monoisotopic (exact) mass is 742 g/mol. The molecule has 270 valence electrons. The van der Waals surface area contributed by atoms with Gasteiger partial charge in [0.05, 0.1) is 16.4 Å². The Morgan fingerprint density at radius 3 is 1.53 bits per heavy atom. The topological polar surface area (TPSA) is 176 Å². The van der Waals surface area contributed by atoms with Crippen molar-refractivity contribution in [2.75, 3.05) is 13.7 Å². The maximum Gasteiger partial charge on any atom is 0.514 e. The van der Waals surface area contributed by atoms with Crippen molar-refractivity contribution in [2.45, 2.75) is 54.3 Å². The van der Waals surface area contributed by atoms with E-state index in [2.05, 4.69) is 0 Å². The lowest BCUT2D eigenvalue weighted by Gasteiger charge is -2.43. The quantitative estimate of drug-likeness (QED) is 0.104. The van der Waals surface area contributed by atoms with Gasteiger partial charge in [-0.25, -0.2) is 9.59 Å². The Bertz CT molecular complexity index is 1990. The standard InChI is InChI=1S/C35H34O14S2/c1-23-14-18-27(19-15-23)50(38,39)43-22-29-30(49-51(40,41)28-20-16-24(2)17-21-28)31(47-34(36)44-25-10-6-4-7-11-25)32(33(42-3)46-29)48-35(37)45-26-12-8-5-9-13-26/h4-21,29-33H,22H2,1-3H3/t29-,30-,31-,32-,33+/m0/s1. The maximum atomic E-state index is 13.7. The fourth-order valence-electron chi connectivity index (χ4n) is 4.85. The van der Waals surface area contributed by atoms with Crippen molar-refractivity contribution in [1.29, 1.82) is 0 Å². The highest BCUT2D eigenvalue weighted by molar-refractivity contribution is 7.87. The molecule has 0 unspecified atom stereocenters. The van der Waals surface area contributed by atoms with Crippen molar-refractivity contribution >= 4 is 32.5 Å². The predicted octanol–water partition coefficient (Wildman–Crippen LogP) is 5.32. The number of rotatable bonds is 12. The molecule has 1 aliphatic heterocycles. The lowest BCUT2D eigenvalue weighted by Crippen LogP contribution is -2.63. The Labute approximate surface area is 295 Å². The Kier molecular flexibility index (Phi) is 12.1. The summed E-state index contributed by atoms with van der Waals surface area (Å²) < 4.78 is 97.7. The van der Waals surface area contributed by atoms with E-state index in [1.165, 1.54) is 60.7 Å². The Hall–Kier alpha value is -4.84. The van der Waals surface area contributed by atoms with Crippen LogP contribution < -0.4 is 9.47 Å². The normalized spacial score (nSPS) is 20.6. The lowest BCUT2D eigenvalue weighted by molar-refractivity contribution is -0.289. The molecule has 0 bridgehead atoms. The van der Waals surface area contributed by atoms with Gasteiger partial charge in [-0.2, -0.15) is 16.8 Å². The van der Waals surface area contributed by atoms with E-state index in [-0.39, 0.29) is 21.3 Å². The van der Waals surface area contributed by atoms with Crippen molar-refractivity contribution in [3.63, 3.8) is 0 Å². The average molecular weight is 743 g/mol. The van der Waals surface area contributed by atoms with Gasteiger partial charge in [0.25, 0.3) is 20.2 Å². The molecular weight excluding hydrogens is 709 g/mol. The number of hydrogen-bond acceptors (Lipinski definition) is 14. The number of carbonyl (C=O) groups is 2. The second-order valence-electron chi connectivity index (χ2n) is 11.2. The van der Waals surface area contributed by atoms with E-state index in [0.717, 1.165) is 18.2 Å². The minimum atomic E-state index is -4.70. The first-order chi connectivity index (χ1) is 24.3. The van der Waals surface area contributed by atoms with Crippen LogP contribution in [-0.4, -0.2) is 73.6 Å². The molecule has 51 heavy (non-hydrogen) atoms. The van der Waals surface area contributed by atoms with Gasteiger partial charge in [-0.1, -0.05) is 71.8 Å². The smallest absolute Gasteiger partial charge is 0.424 e. The van der Waals surface area contributed by atoms with Gasteiger partial charge in [0, 0.05) is 7.11 Å². The Morgan fingerprint density at radius 2 is 1.06 bits per heavy atom.